The maximum Gasteiger partial charge on any atom is 0.236 e. The van der Waals surface area contributed by atoms with E-state index >= 15 is 0 Å². The van der Waals surface area contributed by atoms with E-state index in [1.807, 2.05) is 11.8 Å². The zero-order valence-corrected chi connectivity index (χ0v) is 11.1. The number of likely N-dealkylation sites (N-methyl/N-ethyl adjacent to an activating group) is 2. The molecule has 100 valence electrons. The molecule has 0 atom stereocenters. The first-order valence-electron chi connectivity index (χ1n) is 5.91. The average molecular weight is 253 g/mol. The third-order valence-corrected chi connectivity index (χ3v) is 2.81. The van der Waals surface area contributed by atoms with Gasteiger partial charge in [-0.05, 0) is 12.6 Å². The molecule has 0 aliphatic carbocycles. The average Bonchev–Trinajstić information content (AvgIpc) is 2.33. The smallest absolute Gasteiger partial charge is 0.236 e. The van der Waals surface area contributed by atoms with Gasteiger partial charge in [0, 0.05) is 26.2 Å². The largest absolute Gasteiger partial charge is 0.396 e. The van der Waals surface area contributed by atoms with Gasteiger partial charge in [-0.1, -0.05) is 19.1 Å². The number of rotatable bonds is 5. The predicted octanol–water partition coefficient (Wildman–Crippen LogP) is 1.32. The minimum atomic E-state index is -0.395. The summed E-state index contributed by atoms with van der Waals surface area (Å²) in [4.78, 5) is 15.0. The van der Waals surface area contributed by atoms with E-state index in [-0.39, 0.29) is 18.1 Å². The molecular formula is C13H20FN3O. The number of nitrogens with two attached hydrogens (primary N) is 1. The van der Waals surface area contributed by atoms with Crippen LogP contribution in [-0.2, 0) is 11.3 Å². The fourth-order valence-corrected chi connectivity index (χ4v) is 1.57. The second-order valence-electron chi connectivity index (χ2n) is 4.41. The van der Waals surface area contributed by atoms with E-state index in [1.54, 1.807) is 26.2 Å². The third-order valence-electron chi connectivity index (χ3n) is 2.81. The fourth-order valence-electron chi connectivity index (χ4n) is 1.57. The molecule has 0 heterocycles. The van der Waals surface area contributed by atoms with Crippen molar-refractivity contribution in [3.63, 3.8) is 0 Å². The Morgan fingerprint density at radius 2 is 2.06 bits per heavy atom. The lowest BCUT2D eigenvalue weighted by Gasteiger charge is -2.22. The molecule has 4 nitrogen and oxygen atoms in total. The van der Waals surface area contributed by atoms with Gasteiger partial charge in [0.1, 0.15) is 0 Å². The van der Waals surface area contributed by atoms with Crippen LogP contribution in [0, 0.1) is 5.82 Å². The molecule has 5 heteroatoms. The monoisotopic (exact) mass is 253 g/mol. The van der Waals surface area contributed by atoms with E-state index in [9.17, 15) is 9.18 Å². The Bertz CT molecular complexity index is 421. The highest BCUT2D eigenvalue weighted by atomic mass is 19.1. The molecule has 0 fully saturated rings. The number of amides is 1. The third kappa shape index (κ3) is 3.70. The normalized spacial score (nSPS) is 10.7. The first-order valence-corrected chi connectivity index (χ1v) is 5.91. The van der Waals surface area contributed by atoms with Crippen LogP contribution in [0.3, 0.4) is 0 Å². The number of hydrogen-bond acceptors (Lipinski definition) is 3. The Morgan fingerprint density at radius 1 is 1.39 bits per heavy atom. The van der Waals surface area contributed by atoms with Gasteiger partial charge in [0.05, 0.1) is 12.2 Å². The summed E-state index contributed by atoms with van der Waals surface area (Å²) in [5.41, 5.74) is 6.18. The standard InChI is InChI=1S/C13H20FN3O/c1-4-17(9-12(18)16(2)3)8-10-6-5-7-11(15)13(10)14/h5-7H,4,8-9,15H2,1-3H3. The second kappa shape index (κ2) is 6.35. The first kappa shape index (κ1) is 14.4. The van der Waals surface area contributed by atoms with Crippen LogP contribution in [0.5, 0.6) is 0 Å². The summed E-state index contributed by atoms with van der Waals surface area (Å²) in [5.74, 6) is -0.394. The van der Waals surface area contributed by atoms with Crippen molar-refractivity contribution in [1.82, 2.24) is 9.80 Å². The Kier molecular flexibility index (Phi) is 5.09. The lowest BCUT2D eigenvalue weighted by molar-refractivity contribution is -0.130. The second-order valence-corrected chi connectivity index (χ2v) is 4.41. The Labute approximate surface area is 107 Å². The highest BCUT2D eigenvalue weighted by Crippen LogP contribution is 2.16. The van der Waals surface area contributed by atoms with Crippen LogP contribution in [0.15, 0.2) is 18.2 Å². The summed E-state index contributed by atoms with van der Waals surface area (Å²) >= 11 is 0. The number of anilines is 1. The number of hydrogen-bond donors (Lipinski definition) is 1. The zero-order chi connectivity index (χ0) is 13.7. The molecule has 0 saturated carbocycles. The van der Waals surface area contributed by atoms with Crippen LogP contribution >= 0.6 is 0 Å². The molecule has 2 N–H and O–H groups in total. The molecule has 0 aliphatic heterocycles. The molecule has 1 rings (SSSR count). The van der Waals surface area contributed by atoms with E-state index in [0.29, 0.717) is 18.7 Å². The number of carbonyl (C=O) groups is 1. The van der Waals surface area contributed by atoms with E-state index in [0.717, 1.165) is 0 Å². The van der Waals surface area contributed by atoms with Gasteiger partial charge in [0.25, 0.3) is 0 Å². The molecule has 0 bridgehead atoms. The van der Waals surface area contributed by atoms with Gasteiger partial charge < -0.3 is 10.6 Å². The predicted molar refractivity (Wildman–Crippen MR) is 70.5 cm³/mol. The number of benzene rings is 1. The molecule has 1 aromatic rings. The summed E-state index contributed by atoms with van der Waals surface area (Å²) < 4.78 is 13.7. The molecule has 0 spiro atoms. The van der Waals surface area contributed by atoms with Crippen molar-refractivity contribution >= 4 is 11.6 Å². The highest BCUT2D eigenvalue weighted by molar-refractivity contribution is 5.77. The topological polar surface area (TPSA) is 49.6 Å². The molecule has 18 heavy (non-hydrogen) atoms. The van der Waals surface area contributed by atoms with Gasteiger partial charge in [-0.3, -0.25) is 9.69 Å². The fraction of sp³-hybridized carbons (Fsp3) is 0.462. The van der Waals surface area contributed by atoms with Crippen LogP contribution in [0.2, 0.25) is 0 Å². The van der Waals surface area contributed by atoms with Gasteiger partial charge in [0.2, 0.25) is 5.91 Å². The van der Waals surface area contributed by atoms with E-state index < -0.39 is 5.82 Å². The molecule has 0 aliphatic rings. The van der Waals surface area contributed by atoms with E-state index in [4.69, 9.17) is 5.73 Å². The lowest BCUT2D eigenvalue weighted by atomic mass is 10.1. The highest BCUT2D eigenvalue weighted by Gasteiger charge is 2.13. The van der Waals surface area contributed by atoms with Crippen LogP contribution in [0.25, 0.3) is 0 Å². The first-order chi connectivity index (χ1) is 8.45. The van der Waals surface area contributed by atoms with Crippen molar-refractivity contribution in [2.45, 2.75) is 13.5 Å². The number of nitrogen functional groups attached to an aromatic ring is 1. The maximum absolute atomic E-state index is 13.7. The van der Waals surface area contributed by atoms with E-state index in [1.165, 1.54) is 11.0 Å². The van der Waals surface area contributed by atoms with Crippen LogP contribution in [0.1, 0.15) is 12.5 Å². The van der Waals surface area contributed by atoms with Gasteiger partial charge in [-0.15, -0.1) is 0 Å². The zero-order valence-electron chi connectivity index (χ0n) is 11.1. The number of halogens is 1. The lowest BCUT2D eigenvalue weighted by Crippen LogP contribution is -2.36. The molecule has 0 aromatic heterocycles. The van der Waals surface area contributed by atoms with Crippen molar-refractivity contribution in [2.24, 2.45) is 0 Å². The van der Waals surface area contributed by atoms with Crippen molar-refractivity contribution in [3.05, 3.63) is 29.6 Å². The van der Waals surface area contributed by atoms with Crippen LogP contribution in [0.4, 0.5) is 10.1 Å². The quantitative estimate of drug-likeness (QED) is 0.805. The number of nitrogens with zero attached hydrogens (tertiary/aromatic N) is 2. The summed E-state index contributed by atoms with van der Waals surface area (Å²) in [6.07, 6.45) is 0. The van der Waals surface area contributed by atoms with Crippen molar-refractivity contribution in [1.29, 1.82) is 0 Å². The number of carbonyl (C=O) groups excluding carboxylic acids is 1. The van der Waals surface area contributed by atoms with Crippen molar-refractivity contribution in [2.75, 3.05) is 32.9 Å². The molecule has 1 aromatic carbocycles. The minimum absolute atomic E-state index is 0.00108. The maximum atomic E-state index is 13.7. The van der Waals surface area contributed by atoms with Gasteiger partial charge >= 0.3 is 0 Å². The van der Waals surface area contributed by atoms with Gasteiger partial charge in [0.15, 0.2) is 5.82 Å². The van der Waals surface area contributed by atoms with Gasteiger partial charge in [-0.2, -0.15) is 0 Å². The molecule has 0 unspecified atom stereocenters. The molecule has 0 saturated heterocycles. The Morgan fingerprint density at radius 3 is 2.61 bits per heavy atom. The molecule has 0 radical (unpaired) electrons. The summed E-state index contributed by atoms with van der Waals surface area (Å²) in [6.45, 7) is 3.27. The molecular weight excluding hydrogens is 233 g/mol. The Hall–Kier alpha value is -1.62. The SMILES string of the molecule is CCN(CC(=O)N(C)C)Cc1cccc(N)c1F. The van der Waals surface area contributed by atoms with Gasteiger partial charge in [-0.25, -0.2) is 4.39 Å². The summed E-state index contributed by atoms with van der Waals surface area (Å²) in [5, 5.41) is 0. The van der Waals surface area contributed by atoms with Crippen LogP contribution in [-0.4, -0.2) is 42.9 Å². The minimum Gasteiger partial charge on any atom is -0.396 e. The van der Waals surface area contributed by atoms with Crippen molar-refractivity contribution in [3.8, 4) is 0 Å². The van der Waals surface area contributed by atoms with Crippen molar-refractivity contribution < 1.29 is 9.18 Å². The molecule has 1 amide bonds. The summed E-state index contributed by atoms with van der Waals surface area (Å²) in [6, 6.07) is 4.93. The van der Waals surface area contributed by atoms with E-state index in [2.05, 4.69) is 0 Å². The summed E-state index contributed by atoms with van der Waals surface area (Å²) in [7, 11) is 3.41. The van der Waals surface area contributed by atoms with Crippen LogP contribution < -0.4 is 5.73 Å². The Balaban J connectivity index is 2.74.